The van der Waals surface area contributed by atoms with E-state index in [0.717, 1.165) is 17.0 Å². The molecule has 6 heteroatoms. The zero-order chi connectivity index (χ0) is 14.1. The van der Waals surface area contributed by atoms with Crippen molar-refractivity contribution < 1.29 is 19.1 Å². The van der Waals surface area contributed by atoms with Crippen LogP contribution < -0.4 is 4.74 Å². The summed E-state index contributed by atoms with van der Waals surface area (Å²) in [6, 6.07) is 10.8. The van der Waals surface area contributed by atoms with Crippen molar-refractivity contribution >= 4 is 28.3 Å². The van der Waals surface area contributed by atoms with Crippen molar-refractivity contribution in [2.24, 2.45) is 0 Å². The number of aromatic nitrogens is 1. The van der Waals surface area contributed by atoms with E-state index in [2.05, 4.69) is 4.98 Å². The van der Waals surface area contributed by atoms with E-state index in [9.17, 15) is 4.79 Å². The zero-order valence-electron chi connectivity index (χ0n) is 10.0. The summed E-state index contributed by atoms with van der Waals surface area (Å²) >= 11 is 6.11. The Labute approximate surface area is 118 Å². The Morgan fingerprint density at radius 2 is 1.95 bits per heavy atom. The first-order valence-electron chi connectivity index (χ1n) is 5.69. The Kier molecular flexibility index (Phi) is 3.04. The zero-order valence-corrected chi connectivity index (χ0v) is 10.8. The number of benzene rings is 2. The fourth-order valence-electron chi connectivity index (χ4n) is 1.82. The first-order chi connectivity index (χ1) is 9.65. The maximum Gasteiger partial charge on any atom is 0.399 e. The summed E-state index contributed by atoms with van der Waals surface area (Å²) in [6.45, 7) is 0. The molecule has 0 aliphatic rings. The predicted octanol–water partition coefficient (Wildman–Crippen LogP) is 3.97. The molecule has 1 heterocycles. The van der Waals surface area contributed by atoms with E-state index in [1.54, 1.807) is 12.1 Å². The molecule has 5 nitrogen and oxygen atoms in total. The van der Waals surface area contributed by atoms with Gasteiger partial charge >= 0.3 is 12.0 Å². The summed E-state index contributed by atoms with van der Waals surface area (Å²) in [6.07, 6.45) is 0.894. The van der Waals surface area contributed by atoms with Crippen LogP contribution in [0.15, 0.2) is 47.1 Å². The number of fused-ring (bicyclic) bond motifs is 1. The molecule has 100 valence electrons. The minimum atomic E-state index is -1.18. The number of carboxylic acids is 1. The SMILES string of the molecule is O=C(O)c1coc(Oc2ccc(Cl)c3ccccc23)n1. The molecule has 3 rings (SSSR count). The highest BCUT2D eigenvalue weighted by molar-refractivity contribution is 6.35. The molecule has 0 radical (unpaired) electrons. The van der Waals surface area contributed by atoms with Crippen molar-refractivity contribution in [3.63, 3.8) is 0 Å². The van der Waals surface area contributed by atoms with Gasteiger partial charge in [0, 0.05) is 15.8 Å². The fraction of sp³-hybridized carbons (Fsp3) is 0. The van der Waals surface area contributed by atoms with Crippen LogP contribution in [0, 0.1) is 0 Å². The number of aromatic carboxylic acids is 1. The molecule has 0 atom stereocenters. The Morgan fingerprint density at radius 1 is 1.20 bits per heavy atom. The van der Waals surface area contributed by atoms with Crippen LogP contribution in [0.4, 0.5) is 0 Å². The molecule has 0 amide bonds. The van der Waals surface area contributed by atoms with E-state index in [4.69, 9.17) is 25.9 Å². The Balaban J connectivity index is 2.02. The monoisotopic (exact) mass is 289 g/mol. The third-order valence-corrected chi connectivity index (χ3v) is 3.06. The van der Waals surface area contributed by atoms with Crippen LogP contribution >= 0.6 is 11.6 Å². The van der Waals surface area contributed by atoms with Gasteiger partial charge in [0.2, 0.25) is 0 Å². The lowest BCUT2D eigenvalue weighted by atomic mass is 10.1. The lowest BCUT2D eigenvalue weighted by Crippen LogP contribution is -1.95. The summed E-state index contributed by atoms with van der Waals surface area (Å²) in [5, 5.41) is 11.0. The molecular weight excluding hydrogens is 282 g/mol. The van der Waals surface area contributed by atoms with Gasteiger partial charge in [-0.25, -0.2) is 4.79 Å². The maximum atomic E-state index is 10.7. The second kappa shape index (κ2) is 4.86. The smallest absolute Gasteiger partial charge is 0.399 e. The van der Waals surface area contributed by atoms with E-state index >= 15 is 0 Å². The fourth-order valence-corrected chi connectivity index (χ4v) is 2.05. The number of ether oxygens (including phenoxy) is 1. The highest BCUT2D eigenvalue weighted by atomic mass is 35.5. The number of nitrogens with zero attached hydrogens (tertiary/aromatic N) is 1. The van der Waals surface area contributed by atoms with Crippen LogP contribution in [0.5, 0.6) is 11.8 Å². The third kappa shape index (κ3) is 2.19. The summed E-state index contributed by atoms with van der Waals surface area (Å²) in [7, 11) is 0. The molecule has 20 heavy (non-hydrogen) atoms. The summed E-state index contributed by atoms with van der Waals surface area (Å²) in [4.78, 5) is 14.4. The largest absolute Gasteiger partial charge is 0.476 e. The van der Waals surface area contributed by atoms with Crippen molar-refractivity contribution in [2.45, 2.75) is 0 Å². The molecule has 1 N–H and O–H groups in total. The quantitative estimate of drug-likeness (QED) is 0.789. The van der Waals surface area contributed by atoms with Gasteiger partial charge in [-0.05, 0) is 12.1 Å². The van der Waals surface area contributed by atoms with Gasteiger partial charge in [-0.15, -0.1) is 0 Å². The Hall–Kier alpha value is -2.53. The second-order valence-corrected chi connectivity index (χ2v) is 4.40. The Bertz CT molecular complexity index is 797. The predicted molar refractivity (Wildman–Crippen MR) is 72.5 cm³/mol. The topological polar surface area (TPSA) is 72.6 Å². The molecule has 0 spiro atoms. The minimum Gasteiger partial charge on any atom is -0.476 e. The molecule has 0 bridgehead atoms. The van der Waals surface area contributed by atoms with Crippen molar-refractivity contribution in [3.8, 4) is 11.8 Å². The van der Waals surface area contributed by atoms with Gasteiger partial charge in [-0.3, -0.25) is 0 Å². The van der Waals surface area contributed by atoms with Crippen LogP contribution in [0.3, 0.4) is 0 Å². The van der Waals surface area contributed by atoms with Crippen molar-refractivity contribution in [1.82, 2.24) is 4.98 Å². The molecule has 0 aliphatic carbocycles. The lowest BCUT2D eigenvalue weighted by molar-refractivity contribution is 0.0690. The average molecular weight is 290 g/mol. The van der Waals surface area contributed by atoms with Crippen LogP contribution in [-0.2, 0) is 0 Å². The lowest BCUT2D eigenvalue weighted by Gasteiger charge is -2.06. The van der Waals surface area contributed by atoms with Gasteiger partial charge in [-0.1, -0.05) is 35.9 Å². The first-order valence-corrected chi connectivity index (χ1v) is 6.07. The number of carbonyl (C=O) groups is 1. The standard InChI is InChI=1S/C14H8ClNO4/c15-10-5-6-12(9-4-2-1-3-8(9)10)20-14-16-11(7-19-14)13(17)18/h1-7H,(H,17,18). The van der Waals surface area contributed by atoms with Gasteiger partial charge in [0.1, 0.15) is 12.0 Å². The molecule has 3 aromatic rings. The van der Waals surface area contributed by atoms with Gasteiger partial charge in [0.15, 0.2) is 5.69 Å². The van der Waals surface area contributed by atoms with E-state index < -0.39 is 5.97 Å². The first kappa shape index (κ1) is 12.5. The molecule has 1 aromatic heterocycles. The van der Waals surface area contributed by atoms with Crippen molar-refractivity contribution in [1.29, 1.82) is 0 Å². The van der Waals surface area contributed by atoms with E-state index in [-0.39, 0.29) is 11.8 Å². The molecule has 2 aromatic carbocycles. The van der Waals surface area contributed by atoms with Crippen LogP contribution in [0.25, 0.3) is 10.8 Å². The summed E-state index contributed by atoms with van der Waals surface area (Å²) < 4.78 is 10.4. The molecular formula is C14H8ClNO4. The van der Waals surface area contributed by atoms with Gasteiger partial charge in [0.05, 0.1) is 0 Å². The molecule has 0 unspecified atom stereocenters. The van der Waals surface area contributed by atoms with Gasteiger partial charge in [0.25, 0.3) is 0 Å². The van der Waals surface area contributed by atoms with Gasteiger partial charge < -0.3 is 14.3 Å². The number of hydrogen-bond acceptors (Lipinski definition) is 4. The van der Waals surface area contributed by atoms with Crippen LogP contribution in [-0.4, -0.2) is 16.1 Å². The number of oxazole rings is 1. The maximum absolute atomic E-state index is 10.7. The molecule has 0 saturated carbocycles. The number of halogens is 1. The van der Waals surface area contributed by atoms with Gasteiger partial charge in [-0.2, -0.15) is 4.98 Å². The molecule has 0 saturated heterocycles. The number of hydrogen-bond donors (Lipinski definition) is 1. The minimum absolute atomic E-state index is 0.130. The molecule has 0 aliphatic heterocycles. The normalized spacial score (nSPS) is 10.7. The van der Waals surface area contributed by atoms with E-state index in [1.807, 2.05) is 24.3 Å². The highest BCUT2D eigenvalue weighted by Gasteiger charge is 2.13. The Morgan fingerprint density at radius 3 is 2.65 bits per heavy atom. The molecule has 0 fully saturated rings. The van der Waals surface area contributed by atoms with E-state index in [1.165, 1.54) is 0 Å². The van der Waals surface area contributed by atoms with Crippen molar-refractivity contribution in [3.05, 3.63) is 53.4 Å². The second-order valence-electron chi connectivity index (χ2n) is 4.00. The highest BCUT2D eigenvalue weighted by Crippen LogP contribution is 2.33. The van der Waals surface area contributed by atoms with Crippen LogP contribution in [0.2, 0.25) is 5.02 Å². The van der Waals surface area contributed by atoms with Crippen molar-refractivity contribution in [2.75, 3.05) is 0 Å². The van der Waals surface area contributed by atoms with E-state index in [0.29, 0.717) is 10.8 Å². The summed E-state index contributed by atoms with van der Waals surface area (Å²) in [5.74, 6) is -0.687. The number of rotatable bonds is 3. The summed E-state index contributed by atoms with van der Waals surface area (Å²) in [5.41, 5.74) is -0.210. The average Bonchev–Trinajstić information content (AvgIpc) is 2.91. The van der Waals surface area contributed by atoms with Crippen LogP contribution in [0.1, 0.15) is 10.5 Å². The number of carboxylic acid groups (broad SMARTS) is 1. The third-order valence-electron chi connectivity index (χ3n) is 2.73.